The van der Waals surface area contributed by atoms with E-state index in [1.165, 1.54) is 16.8 Å². The molecule has 0 amide bonds. The van der Waals surface area contributed by atoms with E-state index in [9.17, 15) is 0 Å². The smallest absolute Gasteiger partial charge is 0.109 e. The van der Waals surface area contributed by atoms with Gasteiger partial charge in [0, 0.05) is 12.0 Å². The topological polar surface area (TPSA) is 12.4 Å². The predicted octanol–water partition coefficient (Wildman–Crippen LogP) is 3.17. The molecule has 2 nitrogen and oxygen atoms in total. The fraction of sp³-hybridized carbons (Fsp3) is 0.533. The van der Waals surface area contributed by atoms with Gasteiger partial charge >= 0.3 is 0 Å². The molecule has 0 aromatic heterocycles. The molecular formula is C15H23N2+. The quantitative estimate of drug-likeness (QED) is 0.658. The Morgan fingerprint density at radius 3 is 2.06 bits per heavy atom. The van der Waals surface area contributed by atoms with Crippen LogP contribution in [0.15, 0.2) is 29.4 Å². The Morgan fingerprint density at radius 2 is 1.65 bits per heavy atom. The fourth-order valence-electron chi connectivity index (χ4n) is 2.17. The van der Waals surface area contributed by atoms with Crippen LogP contribution < -0.4 is 0 Å². The van der Waals surface area contributed by atoms with Gasteiger partial charge in [0.2, 0.25) is 0 Å². The average Bonchev–Trinajstić information content (AvgIpc) is 2.58. The first-order valence-corrected chi connectivity index (χ1v) is 6.31. The number of quaternary nitrogens is 1. The highest BCUT2D eigenvalue weighted by Gasteiger charge is 2.25. The number of benzene rings is 1. The van der Waals surface area contributed by atoms with E-state index < -0.39 is 0 Å². The third kappa shape index (κ3) is 2.75. The lowest BCUT2D eigenvalue weighted by molar-refractivity contribution is -0.890. The summed E-state index contributed by atoms with van der Waals surface area (Å²) < 4.78 is 0.760. The molecule has 17 heavy (non-hydrogen) atoms. The Hall–Kier alpha value is -1.15. The van der Waals surface area contributed by atoms with Gasteiger partial charge in [-0.15, -0.1) is 0 Å². The summed E-state index contributed by atoms with van der Waals surface area (Å²) in [5.74, 6) is 0. The lowest BCUT2D eigenvalue weighted by Gasteiger charge is -2.19. The second-order valence-electron chi connectivity index (χ2n) is 6.47. The zero-order valence-electron chi connectivity index (χ0n) is 11.6. The molecule has 1 aromatic carbocycles. The van der Waals surface area contributed by atoms with Crippen LogP contribution in [0.25, 0.3) is 0 Å². The van der Waals surface area contributed by atoms with Gasteiger partial charge in [0.1, 0.15) is 12.3 Å². The van der Waals surface area contributed by atoms with Crippen molar-refractivity contribution >= 4 is 5.71 Å². The van der Waals surface area contributed by atoms with Crippen molar-refractivity contribution in [1.29, 1.82) is 0 Å². The Balaban J connectivity index is 2.26. The zero-order valence-corrected chi connectivity index (χ0v) is 11.6. The van der Waals surface area contributed by atoms with Crippen molar-refractivity contribution in [3.63, 3.8) is 0 Å². The molecule has 92 valence electrons. The minimum atomic E-state index is 0.228. The monoisotopic (exact) mass is 231 g/mol. The lowest BCUT2D eigenvalue weighted by atomic mass is 9.86. The molecule has 1 aliphatic heterocycles. The van der Waals surface area contributed by atoms with Crippen LogP contribution >= 0.6 is 0 Å². The Morgan fingerprint density at radius 1 is 1.06 bits per heavy atom. The van der Waals surface area contributed by atoms with Gasteiger partial charge in [-0.1, -0.05) is 50.1 Å². The van der Waals surface area contributed by atoms with E-state index in [1.54, 1.807) is 0 Å². The van der Waals surface area contributed by atoms with Crippen molar-refractivity contribution < 1.29 is 4.59 Å². The van der Waals surface area contributed by atoms with Crippen LogP contribution in [0.3, 0.4) is 0 Å². The van der Waals surface area contributed by atoms with Gasteiger partial charge in [-0.05, 0) is 11.0 Å². The van der Waals surface area contributed by atoms with Gasteiger partial charge in [-0.25, -0.2) is 4.59 Å². The average molecular weight is 231 g/mol. The van der Waals surface area contributed by atoms with Crippen LogP contribution in [0.4, 0.5) is 0 Å². The first-order chi connectivity index (χ1) is 7.78. The summed E-state index contributed by atoms with van der Waals surface area (Å²) in [5, 5.41) is 4.74. The standard InChI is InChI=1S/C15H23N2/c1-15(2,3)13-8-6-12(7-9-13)14-10-11-17(4,5)16-14/h6-9H,10-11H2,1-5H3/q+1. The Labute approximate surface area is 105 Å². The SMILES string of the molecule is CC(C)(C)c1ccc(C2=N[N+](C)(C)CC2)cc1. The normalized spacial score (nSPS) is 19.2. The second-order valence-corrected chi connectivity index (χ2v) is 6.47. The molecule has 0 radical (unpaired) electrons. The summed E-state index contributed by atoms with van der Waals surface area (Å²) in [6, 6.07) is 8.89. The predicted molar refractivity (Wildman–Crippen MR) is 73.3 cm³/mol. The molecule has 0 spiro atoms. The first-order valence-electron chi connectivity index (χ1n) is 6.31. The van der Waals surface area contributed by atoms with Crippen LogP contribution in [0.2, 0.25) is 0 Å². The maximum Gasteiger partial charge on any atom is 0.109 e. The molecule has 0 atom stereocenters. The van der Waals surface area contributed by atoms with E-state index >= 15 is 0 Å². The number of hydrogen-bond acceptors (Lipinski definition) is 1. The molecule has 0 unspecified atom stereocenters. The van der Waals surface area contributed by atoms with Crippen molar-refractivity contribution in [1.82, 2.24) is 0 Å². The van der Waals surface area contributed by atoms with Crippen LogP contribution in [-0.2, 0) is 5.41 Å². The highest BCUT2D eigenvalue weighted by atomic mass is 15.6. The zero-order chi connectivity index (χ0) is 12.7. The van der Waals surface area contributed by atoms with Crippen molar-refractivity contribution in [3.8, 4) is 0 Å². The largest absolute Gasteiger partial charge is 0.202 e. The van der Waals surface area contributed by atoms with Crippen LogP contribution in [0.5, 0.6) is 0 Å². The van der Waals surface area contributed by atoms with Crippen LogP contribution in [-0.4, -0.2) is 30.9 Å². The van der Waals surface area contributed by atoms with Crippen molar-refractivity contribution in [2.45, 2.75) is 32.6 Å². The van der Waals surface area contributed by atoms with Crippen molar-refractivity contribution in [2.24, 2.45) is 5.10 Å². The van der Waals surface area contributed by atoms with Crippen molar-refractivity contribution in [2.75, 3.05) is 20.6 Å². The highest BCUT2D eigenvalue weighted by molar-refractivity contribution is 6.00. The van der Waals surface area contributed by atoms with Crippen molar-refractivity contribution in [3.05, 3.63) is 35.4 Å². The van der Waals surface area contributed by atoms with E-state index in [0.29, 0.717) is 0 Å². The minimum Gasteiger partial charge on any atom is -0.202 e. The maximum atomic E-state index is 4.74. The number of rotatable bonds is 1. The molecule has 1 heterocycles. The fourth-order valence-corrected chi connectivity index (χ4v) is 2.17. The Bertz CT molecular complexity index is 433. The van der Waals surface area contributed by atoms with Gasteiger partial charge in [0.25, 0.3) is 0 Å². The third-order valence-electron chi connectivity index (χ3n) is 3.37. The van der Waals surface area contributed by atoms with Gasteiger partial charge < -0.3 is 0 Å². The van der Waals surface area contributed by atoms with E-state index in [4.69, 9.17) is 5.10 Å². The molecule has 0 aliphatic carbocycles. The molecule has 0 bridgehead atoms. The Kier molecular flexibility index (Phi) is 2.86. The summed E-state index contributed by atoms with van der Waals surface area (Å²) in [5.41, 5.74) is 4.14. The lowest BCUT2D eigenvalue weighted by Crippen LogP contribution is -2.29. The van der Waals surface area contributed by atoms with Gasteiger partial charge in [0.15, 0.2) is 0 Å². The molecular weight excluding hydrogens is 208 g/mol. The van der Waals surface area contributed by atoms with E-state index in [-0.39, 0.29) is 5.41 Å². The molecule has 0 saturated carbocycles. The molecule has 0 N–H and O–H groups in total. The summed E-state index contributed by atoms with van der Waals surface area (Å²) >= 11 is 0. The van der Waals surface area contributed by atoms with E-state index in [0.717, 1.165) is 17.6 Å². The van der Waals surface area contributed by atoms with Gasteiger partial charge in [-0.2, -0.15) is 0 Å². The summed E-state index contributed by atoms with van der Waals surface area (Å²) in [6.45, 7) is 7.84. The molecule has 1 aromatic rings. The maximum absolute atomic E-state index is 4.74. The van der Waals surface area contributed by atoms with Gasteiger partial charge in [-0.3, -0.25) is 0 Å². The van der Waals surface area contributed by atoms with E-state index in [1.807, 2.05) is 0 Å². The summed E-state index contributed by atoms with van der Waals surface area (Å²) in [6.07, 6.45) is 1.09. The highest BCUT2D eigenvalue weighted by Crippen LogP contribution is 2.24. The van der Waals surface area contributed by atoms with E-state index in [2.05, 4.69) is 59.1 Å². The summed E-state index contributed by atoms with van der Waals surface area (Å²) in [7, 11) is 4.30. The third-order valence-corrected chi connectivity index (χ3v) is 3.37. The summed E-state index contributed by atoms with van der Waals surface area (Å²) in [4.78, 5) is 0. The number of nitrogens with zero attached hydrogens (tertiary/aromatic N) is 2. The molecule has 2 heteroatoms. The first kappa shape index (κ1) is 12.3. The second kappa shape index (κ2) is 3.95. The molecule has 0 saturated heterocycles. The molecule has 1 aliphatic rings. The van der Waals surface area contributed by atoms with Gasteiger partial charge in [0.05, 0.1) is 14.1 Å². The molecule has 2 rings (SSSR count). The van der Waals surface area contributed by atoms with Crippen LogP contribution in [0.1, 0.15) is 38.3 Å². The van der Waals surface area contributed by atoms with Crippen LogP contribution in [0, 0.1) is 0 Å². The minimum absolute atomic E-state index is 0.228. The molecule has 0 fully saturated rings. The number of hydrogen-bond donors (Lipinski definition) is 0.